The van der Waals surface area contributed by atoms with E-state index in [0.29, 0.717) is 10.4 Å². The van der Waals surface area contributed by atoms with Crippen molar-refractivity contribution in [3.8, 4) is 0 Å². The van der Waals surface area contributed by atoms with Gasteiger partial charge in [0.25, 0.3) is 0 Å². The van der Waals surface area contributed by atoms with Gasteiger partial charge in [0.2, 0.25) is 0 Å². The van der Waals surface area contributed by atoms with Crippen molar-refractivity contribution < 1.29 is 4.39 Å². The molecule has 2 aromatic rings. The molecule has 1 unspecified atom stereocenters. The molecule has 0 saturated heterocycles. The van der Waals surface area contributed by atoms with Gasteiger partial charge in [-0.25, -0.2) is 4.39 Å². The molecule has 1 atom stereocenters. The first-order valence-electron chi connectivity index (χ1n) is 6.13. The highest BCUT2D eigenvalue weighted by molar-refractivity contribution is 9.09. The maximum atomic E-state index is 13.4. The maximum absolute atomic E-state index is 13.4. The van der Waals surface area contributed by atoms with Crippen LogP contribution >= 0.6 is 27.5 Å². The monoisotopic (exact) mass is 352 g/mol. The molecule has 0 bridgehead atoms. The van der Waals surface area contributed by atoms with Crippen molar-refractivity contribution in [3.63, 3.8) is 0 Å². The average molecular weight is 354 g/mol. The van der Waals surface area contributed by atoms with Crippen molar-refractivity contribution in [1.82, 2.24) is 0 Å². The van der Waals surface area contributed by atoms with Crippen LogP contribution in [0.3, 0.4) is 0 Å². The van der Waals surface area contributed by atoms with E-state index in [-0.39, 0.29) is 11.9 Å². The number of benzene rings is 2. The lowest BCUT2D eigenvalue weighted by Crippen LogP contribution is -2.25. The zero-order valence-corrected chi connectivity index (χ0v) is 12.7. The Hall–Kier alpha value is -1.39. The summed E-state index contributed by atoms with van der Waals surface area (Å²) in [6.07, 6.45) is 0. The zero-order valence-electron chi connectivity index (χ0n) is 10.4. The standard InChI is InChI=1S/C15H11BrClFN2/c16-8-13-14(9-3-1-4-10(18)7-9)20-15-11(17)5-2-6-12(15)19-13/h1-7,14,20H,8H2. The molecule has 2 nitrogen and oxygen atoms in total. The molecule has 0 fully saturated rings. The van der Waals surface area contributed by atoms with Crippen LogP contribution in [0.15, 0.2) is 47.5 Å². The van der Waals surface area contributed by atoms with Gasteiger partial charge in [0, 0.05) is 5.33 Å². The Labute approximate surface area is 129 Å². The molecule has 5 heteroatoms. The Morgan fingerprint density at radius 2 is 2.05 bits per heavy atom. The Morgan fingerprint density at radius 1 is 1.25 bits per heavy atom. The number of alkyl halides is 1. The summed E-state index contributed by atoms with van der Waals surface area (Å²) in [6, 6.07) is 11.9. The van der Waals surface area contributed by atoms with Crippen LogP contribution in [0.25, 0.3) is 0 Å². The first-order valence-corrected chi connectivity index (χ1v) is 7.63. The summed E-state index contributed by atoms with van der Waals surface area (Å²) in [5.41, 5.74) is 3.31. The highest BCUT2D eigenvalue weighted by Gasteiger charge is 2.24. The van der Waals surface area contributed by atoms with E-state index in [1.165, 1.54) is 12.1 Å². The summed E-state index contributed by atoms with van der Waals surface area (Å²) in [7, 11) is 0. The summed E-state index contributed by atoms with van der Waals surface area (Å²) in [6.45, 7) is 0. The van der Waals surface area contributed by atoms with Crippen molar-refractivity contribution in [2.45, 2.75) is 6.04 Å². The molecular weight excluding hydrogens is 343 g/mol. The highest BCUT2D eigenvalue weighted by atomic mass is 79.9. The minimum absolute atomic E-state index is 0.183. The first kappa shape index (κ1) is 13.6. The van der Waals surface area contributed by atoms with Crippen LogP contribution in [-0.4, -0.2) is 11.0 Å². The van der Waals surface area contributed by atoms with Gasteiger partial charge in [0.15, 0.2) is 0 Å². The van der Waals surface area contributed by atoms with Gasteiger partial charge in [-0.05, 0) is 29.8 Å². The van der Waals surface area contributed by atoms with Crippen LogP contribution in [0.2, 0.25) is 5.02 Å². The van der Waals surface area contributed by atoms with E-state index in [9.17, 15) is 4.39 Å². The topological polar surface area (TPSA) is 24.4 Å². The second-order valence-electron chi connectivity index (χ2n) is 4.50. The van der Waals surface area contributed by atoms with E-state index in [4.69, 9.17) is 11.6 Å². The van der Waals surface area contributed by atoms with E-state index < -0.39 is 0 Å². The molecular formula is C15H11BrClFN2. The lowest BCUT2D eigenvalue weighted by Gasteiger charge is -2.27. The number of anilines is 1. The molecule has 3 rings (SSSR count). The molecule has 1 heterocycles. The van der Waals surface area contributed by atoms with Crippen molar-refractivity contribution in [1.29, 1.82) is 0 Å². The van der Waals surface area contributed by atoms with Gasteiger partial charge in [0.05, 0.1) is 28.2 Å². The third kappa shape index (κ3) is 2.45. The summed E-state index contributed by atoms with van der Waals surface area (Å²) < 4.78 is 13.4. The predicted molar refractivity (Wildman–Crippen MR) is 85.1 cm³/mol. The van der Waals surface area contributed by atoms with Gasteiger partial charge in [0.1, 0.15) is 5.82 Å². The molecule has 1 aliphatic rings. The smallest absolute Gasteiger partial charge is 0.123 e. The fraction of sp³-hybridized carbons (Fsp3) is 0.133. The molecule has 2 aromatic carbocycles. The first-order chi connectivity index (χ1) is 9.69. The number of nitrogens with zero attached hydrogens (tertiary/aromatic N) is 1. The van der Waals surface area contributed by atoms with E-state index >= 15 is 0 Å². The molecule has 102 valence electrons. The van der Waals surface area contributed by atoms with Crippen LogP contribution in [0.4, 0.5) is 15.8 Å². The fourth-order valence-corrected chi connectivity index (χ4v) is 2.94. The van der Waals surface area contributed by atoms with Gasteiger partial charge in [-0.1, -0.05) is 45.7 Å². The Balaban J connectivity index is 2.08. The summed E-state index contributed by atoms with van der Waals surface area (Å²) >= 11 is 9.64. The Morgan fingerprint density at radius 3 is 2.80 bits per heavy atom. The molecule has 0 spiro atoms. The van der Waals surface area contributed by atoms with E-state index in [2.05, 4.69) is 26.2 Å². The predicted octanol–water partition coefficient (Wildman–Crippen LogP) is 5.11. The van der Waals surface area contributed by atoms with E-state index in [1.807, 2.05) is 24.3 Å². The summed E-state index contributed by atoms with van der Waals surface area (Å²) in [4.78, 5) is 4.61. The fourth-order valence-electron chi connectivity index (χ4n) is 2.26. The van der Waals surface area contributed by atoms with Crippen LogP contribution < -0.4 is 5.32 Å². The molecule has 1 N–H and O–H groups in total. The third-order valence-corrected chi connectivity index (χ3v) is 4.09. The van der Waals surface area contributed by atoms with Crippen molar-refractivity contribution in [2.24, 2.45) is 4.99 Å². The molecule has 0 radical (unpaired) electrons. The van der Waals surface area contributed by atoms with Gasteiger partial charge in [-0.2, -0.15) is 0 Å². The Bertz CT molecular complexity index is 687. The molecule has 0 saturated carbocycles. The van der Waals surface area contributed by atoms with Crippen molar-refractivity contribution in [3.05, 3.63) is 58.9 Å². The van der Waals surface area contributed by atoms with Crippen LogP contribution in [0.1, 0.15) is 11.6 Å². The molecule has 20 heavy (non-hydrogen) atoms. The van der Waals surface area contributed by atoms with Gasteiger partial charge >= 0.3 is 0 Å². The van der Waals surface area contributed by atoms with Gasteiger partial charge in [-0.3, -0.25) is 4.99 Å². The van der Waals surface area contributed by atoms with E-state index in [0.717, 1.165) is 22.6 Å². The normalized spacial score (nSPS) is 17.1. The number of halogens is 3. The van der Waals surface area contributed by atoms with Gasteiger partial charge in [-0.15, -0.1) is 0 Å². The minimum atomic E-state index is -0.261. The second kappa shape index (κ2) is 5.54. The highest BCUT2D eigenvalue weighted by Crippen LogP contribution is 2.39. The summed E-state index contributed by atoms with van der Waals surface area (Å²) in [5.74, 6) is -0.261. The quantitative estimate of drug-likeness (QED) is 0.745. The number of rotatable bonds is 2. The number of aliphatic imine (C=N–C) groups is 1. The third-order valence-electron chi connectivity index (χ3n) is 3.20. The Kier molecular flexibility index (Phi) is 3.76. The maximum Gasteiger partial charge on any atom is 0.123 e. The lowest BCUT2D eigenvalue weighted by molar-refractivity contribution is 0.625. The van der Waals surface area contributed by atoms with E-state index in [1.54, 1.807) is 6.07 Å². The number of para-hydroxylation sites is 1. The SMILES string of the molecule is Fc1cccc(C2Nc3c(Cl)cccc3N=C2CBr)c1. The van der Waals surface area contributed by atoms with Crippen LogP contribution in [0, 0.1) is 5.82 Å². The van der Waals surface area contributed by atoms with Gasteiger partial charge < -0.3 is 5.32 Å². The average Bonchev–Trinajstić information content (AvgIpc) is 2.46. The number of hydrogen-bond acceptors (Lipinski definition) is 2. The molecule has 0 aliphatic carbocycles. The number of hydrogen-bond donors (Lipinski definition) is 1. The van der Waals surface area contributed by atoms with Crippen molar-refractivity contribution >= 4 is 44.6 Å². The second-order valence-corrected chi connectivity index (χ2v) is 5.47. The van der Waals surface area contributed by atoms with Crippen LogP contribution in [0.5, 0.6) is 0 Å². The lowest BCUT2D eigenvalue weighted by atomic mass is 10.00. The largest absolute Gasteiger partial charge is 0.370 e. The summed E-state index contributed by atoms with van der Waals surface area (Å²) in [5, 5.41) is 4.57. The van der Waals surface area contributed by atoms with Crippen LogP contribution in [-0.2, 0) is 0 Å². The molecule has 0 amide bonds. The number of fused-ring (bicyclic) bond motifs is 1. The zero-order chi connectivity index (χ0) is 14.1. The van der Waals surface area contributed by atoms with Crippen molar-refractivity contribution in [2.75, 3.05) is 10.6 Å². The minimum Gasteiger partial charge on any atom is -0.370 e. The molecule has 1 aliphatic heterocycles. The number of nitrogens with one attached hydrogen (secondary N) is 1. The molecule has 0 aromatic heterocycles.